The fourth-order valence-corrected chi connectivity index (χ4v) is 2.71. The molecule has 1 unspecified atom stereocenters. The number of ether oxygens (including phenoxy) is 1. The Morgan fingerprint density at radius 2 is 1.95 bits per heavy atom. The average molecular weight is 261 g/mol. The van der Waals surface area contributed by atoms with E-state index in [-0.39, 0.29) is 17.9 Å². The lowest BCUT2D eigenvalue weighted by Crippen LogP contribution is -2.35. The minimum atomic E-state index is -0.0614. The lowest BCUT2D eigenvalue weighted by Gasteiger charge is -2.22. The van der Waals surface area contributed by atoms with Crippen molar-refractivity contribution in [3.8, 4) is 0 Å². The van der Waals surface area contributed by atoms with E-state index in [1.165, 1.54) is 19.3 Å². The van der Waals surface area contributed by atoms with Crippen molar-refractivity contribution >= 4 is 5.91 Å². The van der Waals surface area contributed by atoms with Gasteiger partial charge in [-0.25, -0.2) is 0 Å². The number of hydrogen-bond donors (Lipinski definition) is 1. The van der Waals surface area contributed by atoms with Gasteiger partial charge in [-0.15, -0.1) is 0 Å². The molecule has 19 heavy (non-hydrogen) atoms. The Labute approximate surface area is 115 Å². The lowest BCUT2D eigenvalue weighted by molar-refractivity contribution is -0.126. The number of amides is 1. The Balaban J connectivity index is 1.84. The minimum Gasteiger partial charge on any atom is -0.375 e. The highest BCUT2D eigenvalue weighted by Crippen LogP contribution is 2.24. The molecule has 0 aromatic heterocycles. The second-order valence-electron chi connectivity index (χ2n) is 5.22. The van der Waals surface area contributed by atoms with E-state index < -0.39 is 0 Å². The normalized spacial score (nSPS) is 17.9. The van der Waals surface area contributed by atoms with Gasteiger partial charge in [0.05, 0.1) is 6.10 Å². The topological polar surface area (TPSA) is 38.3 Å². The van der Waals surface area contributed by atoms with E-state index in [0.29, 0.717) is 6.54 Å². The fourth-order valence-electron chi connectivity index (χ4n) is 2.71. The first-order valence-electron chi connectivity index (χ1n) is 7.16. The zero-order valence-electron chi connectivity index (χ0n) is 11.6. The van der Waals surface area contributed by atoms with Crippen molar-refractivity contribution in [1.82, 2.24) is 5.32 Å². The van der Waals surface area contributed by atoms with Crippen LogP contribution in [-0.2, 0) is 9.53 Å². The Kier molecular flexibility index (Phi) is 5.40. The van der Waals surface area contributed by atoms with E-state index in [1.807, 2.05) is 30.3 Å². The van der Waals surface area contributed by atoms with Gasteiger partial charge in [0.2, 0.25) is 5.91 Å². The van der Waals surface area contributed by atoms with Gasteiger partial charge in [0, 0.05) is 19.6 Å². The van der Waals surface area contributed by atoms with Gasteiger partial charge in [-0.1, -0.05) is 49.6 Å². The standard InChI is InChI=1S/C16H23NO2/c1-19-15(13-8-4-2-5-9-13)12-17-16(18)14-10-6-3-7-11-14/h2,4-5,8-9,14-15H,3,6-7,10-12H2,1H3,(H,17,18). The number of hydrogen-bond acceptors (Lipinski definition) is 2. The average Bonchev–Trinajstić information content (AvgIpc) is 2.49. The molecule has 1 aliphatic carbocycles. The van der Waals surface area contributed by atoms with E-state index in [9.17, 15) is 4.79 Å². The summed E-state index contributed by atoms with van der Waals surface area (Å²) in [6.07, 6.45) is 5.65. The van der Waals surface area contributed by atoms with Gasteiger partial charge in [0.1, 0.15) is 0 Å². The summed E-state index contributed by atoms with van der Waals surface area (Å²) in [6, 6.07) is 10.0. The number of benzene rings is 1. The Morgan fingerprint density at radius 1 is 1.26 bits per heavy atom. The monoisotopic (exact) mass is 261 g/mol. The molecule has 0 aliphatic heterocycles. The summed E-state index contributed by atoms with van der Waals surface area (Å²) in [6.45, 7) is 0.551. The first kappa shape index (κ1) is 14.1. The molecule has 1 atom stereocenters. The van der Waals surface area contributed by atoms with Crippen molar-refractivity contribution in [3.63, 3.8) is 0 Å². The molecule has 0 saturated heterocycles. The Morgan fingerprint density at radius 3 is 2.58 bits per heavy atom. The third kappa shape index (κ3) is 4.06. The van der Waals surface area contributed by atoms with Crippen LogP contribution in [0.4, 0.5) is 0 Å². The Bertz CT molecular complexity index is 385. The maximum atomic E-state index is 12.1. The predicted octanol–water partition coefficient (Wildman–Crippen LogP) is 3.07. The molecule has 104 valence electrons. The molecule has 1 fully saturated rings. The number of carbonyl (C=O) groups excluding carboxylic acids is 1. The molecule has 1 amide bonds. The Hall–Kier alpha value is -1.35. The van der Waals surface area contributed by atoms with E-state index in [4.69, 9.17) is 4.74 Å². The lowest BCUT2D eigenvalue weighted by atomic mass is 9.88. The quantitative estimate of drug-likeness (QED) is 0.884. The number of rotatable bonds is 5. The smallest absolute Gasteiger partial charge is 0.223 e. The van der Waals surface area contributed by atoms with Crippen LogP contribution in [0.1, 0.15) is 43.8 Å². The molecule has 2 rings (SSSR count). The van der Waals surface area contributed by atoms with E-state index in [2.05, 4.69) is 5.32 Å². The highest BCUT2D eigenvalue weighted by atomic mass is 16.5. The summed E-state index contributed by atoms with van der Waals surface area (Å²) in [4.78, 5) is 12.1. The van der Waals surface area contributed by atoms with Crippen LogP contribution >= 0.6 is 0 Å². The van der Waals surface area contributed by atoms with Crippen LogP contribution in [0.2, 0.25) is 0 Å². The van der Waals surface area contributed by atoms with Gasteiger partial charge < -0.3 is 10.1 Å². The maximum absolute atomic E-state index is 12.1. The summed E-state index contributed by atoms with van der Waals surface area (Å²) in [7, 11) is 1.68. The van der Waals surface area contributed by atoms with Crippen LogP contribution in [0.25, 0.3) is 0 Å². The second-order valence-corrected chi connectivity index (χ2v) is 5.22. The summed E-state index contributed by atoms with van der Waals surface area (Å²) >= 11 is 0. The van der Waals surface area contributed by atoms with Gasteiger partial charge in [0.15, 0.2) is 0 Å². The molecule has 3 nitrogen and oxygen atoms in total. The molecule has 0 radical (unpaired) electrons. The van der Waals surface area contributed by atoms with Crippen molar-refractivity contribution in [1.29, 1.82) is 0 Å². The largest absolute Gasteiger partial charge is 0.375 e. The second kappa shape index (κ2) is 7.29. The summed E-state index contributed by atoms with van der Waals surface area (Å²) in [5, 5.41) is 3.04. The van der Waals surface area contributed by atoms with Gasteiger partial charge >= 0.3 is 0 Å². The third-order valence-corrected chi connectivity index (χ3v) is 3.89. The van der Waals surface area contributed by atoms with Crippen molar-refractivity contribution in [2.75, 3.05) is 13.7 Å². The minimum absolute atomic E-state index is 0.0614. The van der Waals surface area contributed by atoms with Gasteiger partial charge in [-0.05, 0) is 18.4 Å². The van der Waals surface area contributed by atoms with Crippen LogP contribution in [-0.4, -0.2) is 19.6 Å². The molecular formula is C16H23NO2. The van der Waals surface area contributed by atoms with Crippen molar-refractivity contribution in [2.24, 2.45) is 5.92 Å². The van der Waals surface area contributed by atoms with E-state index in [0.717, 1.165) is 18.4 Å². The number of methoxy groups -OCH3 is 1. The van der Waals surface area contributed by atoms with E-state index in [1.54, 1.807) is 7.11 Å². The molecule has 0 spiro atoms. The molecule has 1 aromatic carbocycles. The zero-order valence-corrected chi connectivity index (χ0v) is 11.6. The van der Waals surface area contributed by atoms with Gasteiger partial charge in [0.25, 0.3) is 0 Å². The maximum Gasteiger partial charge on any atom is 0.223 e. The first-order chi connectivity index (χ1) is 9.31. The van der Waals surface area contributed by atoms with Crippen LogP contribution in [0.15, 0.2) is 30.3 Å². The summed E-state index contributed by atoms with van der Waals surface area (Å²) in [5.74, 6) is 0.403. The van der Waals surface area contributed by atoms with Gasteiger partial charge in [-0.2, -0.15) is 0 Å². The highest BCUT2D eigenvalue weighted by molar-refractivity contribution is 5.78. The summed E-state index contributed by atoms with van der Waals surface area (Å²) < 4.78 is 5.46. The predicted molar refractivity (Wildman–Crippen MR) is 75.8 cm³/mol. The zero-order chi connectivity index (χ0) is 13.5. The molecule has 0 bridgehead atoms. The van der Waals surface area contributed by atoms with Crippen molar-refractivity contribution in [2.45, 2.75) is 38.2 Å². The molecular weight excluding hydrogens is 238 g/mol. The molecule has 3 heteroatoms. The molecule has 1 N–H and O–H groups in total. The van der Waals surface area contributed by atoms with Crippen LogP contribution < -0.4 is 5.32 Å². The highest BCUT2D eigenvalue weighted by Gasteiger charge is 2.21. The van der Waals surface area contributed by atoms with Crippen LogP contribution in [0, 0.1) is 5.92 Å². The number of nitrogens with one attached hydrogen (secondary N) is 1. The fraction of sp³-hybridized carbons (Fsp3) is 0.562. The van der Waals surface area contributed by atoms with Crippen molar-refractivity contribution < 1.29 is 9.53 Å². The molecule has 1 saturated carbocycles. The molecule has 1 aliphatic rings. The first-order valence-corrected chi connectivity index (χ1v) is 7.16. The van der Waals surface area contributed by atoms with Crippen LogP contribution in [0.5, 0.6) is 0 Å². The van der Waals surface area contributed by atoms with E-state index >= 15 is 0 Å². The molecule has 1 aromatic rings. The van der Waals surface area contributed by atoms with Crippen molar-refractivity contribution in [3.05, 3.63) is 35.9 Å². The van der Waals surface area contributed by atoms with Gasteiger partial charge in [-0.3, -0.25) is 4.79 Å². The SMILES string of the molecule is COC(CNC(=O)C1CCCCC1)c1ccccc1. The number of carbonyl (C=O) groups is 1. The molecule has 0 heterocycles. The van der Waals surface area contributed by atoms with Crippen LogP contribution in [0.3, 0.4) is 0 Å². The summed E-state index contributed by atoms with van der Waals surface area (Å²) in [5.41, 5.74) is 1.11. The third-order valence-electron chi connectivity index (χ3n) is 3.89.